The van der Waals surface area contributed by atoms with E-state index < -0.39 is 0 Å². The lowest BCUT2D eigenvalue weighted by Gasteiger charge is -2.29. The van der Waals surface area contributed by atoms with E-state index in [1.165, 1.54) is 18.2 Å². The van der Waals surface area contributed by atoms with Crippen LogP contribution in [0.2, 0.25) is 0 Å². The molecular formula is C12H14ClNO3. The average molecular weight is 256 g/mol. The first-order chi connectivity index (χ1) is 8.06. The third-order valence-corrected chi connectivity index (χ3v) is 3.30. The van der Waals surface area contributed by atoms with Gasteiger partial charge in [-0.15, -0.1) is 11.6 Å². The second-order valence-electron chi connectivity index (χ2n) is 4.20. The van der Waals surface area contributed by atoms with Crippen molar-refractivity contribution in [2.24, 2.45) is 0 Å². The van der Waals surface area contributed by atoms with Crippen molar-refractivity contribution < 1.29 is 15.0 Å². The fraction of sp³-hybridized carbons (Fsp3) is 0.417. The lowest BCUT2D eigenvalue weighted by molar-refractivity contribution is 0.0725. The van der Waals surface area contributed by atoms with E-state index in [4.69, 9.17) is 11.6 Å². The molecule has 2 rings (SSSR count). The molecule has 92 valence electrons. The van der Waals surface area contributed by atoms with Gasteiger partial charge in [0.2, 0.25) is 0 Å². The molecule has 2 N–H and O–H groups in total. The highest BCUT2D eigenvalue weighted by Crippen LogP contribution is 2.23. The number of benzene rings is 1. The van der Waals surface area contributed by atoms with Crippen molar-refractivity contribution in [1.82, 2.24) is 4.90 Å². The Balaban J connectivity index is 2.14. The molecule has 1 heterocycles. The number of carbonyl (C=O) groups excluding carboxylic acids is 1. The molecule has 1 saturated heterocycles. The molecular weight excluding hydrogens is 242 g/mol. The average Bonchev–Trinajstić information content (AvgIpc) is 2.28. The largest absolute Gasteiger partial charge is 0.508 e. The third kappa shape index (κ3) is 2.82. The van der Waals surface area contributed by atoms with Crippen molar-refractivity contribution in [2.45, 2.75) is 18.2 Å². The Morgan fingerprint density at radius 2 is 1.71 bits per heavy atom. The summed E-state index contributed by atoms with van der Waals surface area (Å²) in [6.45, 7) is 1.23. The maximum Gasteiger partial charge on any atom is 0.254 e. The first-order valence-electron chi connectivity index (χ1n) is 5.52. The highest BCUT2D eigenvalue weighted by Gasteiger charge is 2.22. The molecule has 1 fully saturated rings. The molecule has 0 unspecified atom stereocenters. The number of alkyl halides is 1. The van der Waals surface area contributed by atoms with Crippen LogP contribution in [0.5, 0.6) is 11.5 Å². The molecule has 0 radical (unpaired) electrons. The molecule has 0 saturated carbocycles. The van der Waals surface area contributed by atoms with Gasteiger partial charge in [-0.2, -0.15) is 0 Å². The van der Waals surface area contributed by atoms with Crippen LogP contribution in [0.25, 0.3) is 0 Å². The van der Waals surface area contributed by atoms with E-state index >= 15 is 0 Å². The minimum absolute atomic E-state index is 0.111. The van der Waals surface area contributed by atoms with Gasteiger partial charge in [-0.1, -0.05) is 0 Å². The molecule has 0 bridgehead atoms. The van der Waals surface area contributed by atoms with Crippen molar-refractivity contribution in [3.63, 3.8) is 0 Å². The molecule has 17 heavy (non-hydrogen) atoms. The zero-order valence-corrected chi connectivity index (χ0v) is 10.0. The Bertz CT molecular complexity index is 408. The van der Waals surface area contributed by atoms with E-state index in [1.54, 1.807) is 4.90 Å². The van der Waals surface area contributed by atoms with Crippen LogP contribution in [-0.2, 0) is 0 Å². The first kappa shape index (κ1) is 12.0. The van der Waals surface area contributed by atoms with Gasteiger partial charge < -0.3 is 15.1 Å². The van der Waals surface area contributed by atoms with E-state index in [0.29, 0.717) is 18.7 Å². The highest BCUT2D eigenvalue weighted by atomic mass is 35.5. The quantitative estimate of drug-likeness (QED) is 0.754. The number of rotatable bonds is 1. The van der Waals surface area contributed by atoms with Gasteiger partial charge in [-0.05, 0) is 25.0 Å². The number of carbonyl (C=O) groups is 1. The van der Waals surface area contributed by atoms with Crippen molar-refractivity contribution >= 4 is 17.5 Å². The summed E-state index contributed by atoms with van der Waals surface area (Å²) >= 11 is 5.97. The second kappa shape index (κ2) is 4.84. The Kier molecular flexibility index (Phi) is 3.43. The molecule has 1 aromatic carbocycles. The van der Waals surface area contributed by atoms with Gasteiger partial charge in [0.15, 0.2) is 0 Å². The van der Waals surface area contributed by atoms with Crippen LogP contribution in [0.3, 0.4) is 0 Å². The zero-order chi connectivity index (χ0) is 12.4. The van der Waals surface area contributed by atoms with E-state index in [9.17, 15) is 15.0 Å². The van der Waals surface area contributed by atoms with Crippen molar-refractivity contribution in [1.29, 1.82) is 0 Å². The molecule has 5 heteroatoms. The van der Waals surface area contributed by atoms with Crippen LogP contribution >= 0.6 is 11.6 Å². The smallest absolute Gasteiger partial charge is 0.254 e. The van der Waals surface area contributed by atoms with Crippen molar-refractivity contribution in [3.05, 3.63) is 23.8 Å². The molecule has 0 spiro atoms. The summed E-state index contributed by atoms with van der Waals surface area (Å²) in [6, 6.07) is 3.91. The maximum atomic E-state index is 12.1. The summed E-state index contributed by atoms with van der Waals surface area (Å²) in [7, 11) is 0. The summed E-state index contributed by atoms with van der Waals surface area (Å²) in [4.78, 5) is 13.8. The minimum atomic E-state index is -0.181. The van der Waals surface area contributed by atoms with Gasteiger partial charge in [-0.25, -0.2) is 0 Å². The van der Waals surface area contributed by atoms with Crippen LogP contribution in [0.4, 0.5) is 0 Å². The SMILES string of the molecule is O=C(c1cc(O)cc(O)c1)N1CCC(Cl)CC1. The predicted octanol–water partition coefficient (Wildman–Crippen LogP) is 1.94. The number of hydrogen-bond acceptors (Lipinski definition) is 3. The normalized spacial score (nSPS) is 17.1. The van der Waals surface area contributed by atoms with Crippen molar-refractivity contribution in [2.75, 3.05) is 13.1 Å². The molecule has 1 aromatic rings. The molecule has 0 aliphatic carbocycles. The second-order valence-corrected chi connectivity index (χ2v) is 4.82. The number of aromatic hydroxyl groups is 2. The van der Waals surface area contributed by atoms with E-state index in [0.717, 1.165) is 12.8 Å². The van der Waals surface area contributed by atoms with Gasteiger partial charge in [0.1, 0.15) is 11.5 Å². The Morgan fingerprint density at radius 3 is 2.24 bits per heavy atom. The number of halogens is 1. The monoisotopic (exact) mass is 255 g/mol. The lowest BCUT2D eigenvalue weighted by atomic mass is 10.1. The molecule has 0 aromatic heterocycles. The molecule has 4 nitrogen and oxygen atoms in total. The Morgan fingerprint density at radius 1 is 1.18 bits per heavy atom. The number of hydrogen-bond donors (Lipinski definition) is 2. The predicted molar refractivity (Wildman–Crippen MR) is 64.6 cm³/mol. The van der Waals surface area contributed by atoms with Crippen molar-refractivity contribution in [3.8, 4) is 11.5 Å². The van der Waals surface area contributed by atoms with Crippen LogP contribution in [0.15, 0.2) is 18.2 Å². The summed E-state index contributed by atoms with van der Waals surface area (Å²) in [5, 5.41) is 18.8. The van der Waals surface area contributed by atoms with Gasteiger partial charge in [0.05, 0.1) is 0 Å². The van der Waals surface area contributed by atoms with Gasteiger partial charge in [0.25, 0.3) is 5.91 Å². The fourth-order valence-corrected chi connectivity index (χ4v) is 2.15. The summed E-state index contributed by atoms with van der Waals surface area (Å²) in [6.07, 6.45) is 1.55. The number of phenolic OH excluding ortho intramolecular Hbond substituents is 2. The summed E-state index contributed by atoms with van der Waals surface area (Å²) in [5.74, 6) is -0.402. The summed E-state index contributed by atoms with van der Waals surface area (Å²) in [5.41, 5.74) is 0.301. The molecule has 1 aliphatic heterocycles. The van der Waals surface area contributed by atoms with Gasteiger partial charge in [-0.3, -0.25) is 4.79 Å². The number of phenols is 2. The highest BCUT2D eigenvalue weighted by molar-refractivity contribution is 6.20. The van der Waals surface area contributed by atoms with E-state index in [2.05, 4.69) is 0 Å². The van der Waals surface area contributed by atoms with Crippen LogP contribution < -0.4 is 0 Å². The number of likely N-dealkylation sites (tertiary alicyclic amines) is 1. The Labute approximate surface area is 104 Å². The number of amides is 1. The van der Waals surface area contributed by atoms with Crippen LogP contribution in [-0.4, -0.2) is 39.5 Å². The molecule has 1 amide bonds. The number of nitrogens with zero attached hydrogens (tertiary/aromatic N) is 1. The first-order valence-corrected chi connectivity index (χ1v) is 5.96. The third-order valence-electron chi connectivity index (χ3n) is 2.86. The maximum absolute atomic E-state index is 12.1. The molecule has 0 atom stereocenters. The lowest BCUT2D eigenvalue weighted by Crippen LogP contribution is -2.38. The molecule has 1 aliphatic rings. The number of piperidine rings is 1. The summed E-state index contributed by atoms with van der Waals surface area (Å²) < 4.78 is 0. The minimum Gasteiger partial charge on any atom is -0.508 e. The van der Waals surface area contributed by atoms with E-state index in [1.807, 2.05) is 0 Å². The van der Waals surface area contributed by atoms with Gasteiger partial charge >= 0.3 is 0 Å². The zero-order valence-electron chi connectivity index (χ0n) is 9.27. The standard InChI is InChI=1S/C12H14ClNO3/c13-9-1-3-14(4-2-9)12(17)8-5-10(15)7-11(16)6-8/h5-7,9,15-16H,1-4H2. The Hall–Kier alpha value is -1.42. The van der Waals surface area contributed by atoms with E-state index in [-0.39, 0.29) is 22.8 Å². The van der Waals surface area contributed by atoms with Crippen LogP contribution in [0.1, 0.15) is 23.2 Å². The van der Waals surface area contributed by atoms with Crippen LogP contribution in [0, 0.1) is 0 Å². The topological polar surface area (TPSA) is 60.8 Å². The van der Waals surface area contributed by atoms with Gasteiger partial charge in [0, 0.05) is 30.1 Å². The fourth-order valence-electron chi connectivity index (χ4n) is 1.95.